The lowest BCUT2D eigenvalue weighted by atomic mass is 10.2. The molecule has 0 atom stereocenters. The number of rotatable bonds is 7. The number of thiocarbonyl (C=S) groups is 1. The number of hydrogen-bond donors (Lipinski definition) is 1. The van der Waals surface area contributed by atoms with Gasteiger partial charge in [-0.2, -0.15) is 0 Å². The molecule has 5 nitrogen and oxygen atoms in total. The number of anilines is 1. The summed E-state index contributed by atoms with van der Waals surface area (Å²) in [5.74, 6) is 1.57. The van der Waals surface area contributed by atoms with Gasteiger partial charge in [-0.3, -0.25) is 0 Å². The summed E-state index contributed by atoms with van der Waals surface area (Å²) in [6.07, 6.45) is 6.93. The van der Waals surface area contributed by atoms with Crippen molar-refractivity contribution in [1.29, 1.82) is 0 Å². The summed E-state index contributed by atoms with van der Waals surface area (Å²) in [5.41, 5.74) is 1.79. The SMILES string of the molecule is COc1cc(Cl)c(C)cc1NC(=S)N(CCN1CCCCCC1)Cc1ccco1. The number of methoxy groups -OCH3 is 1. The van der Waals surface area contributed by atoms with Gasteiger partial charge in [0.05, 0.1) is 25.6 Å². The van der Waals surface area contributed by atoms with Crippen molar-refractivity contribution < 1.29 is 9.15 Å². The highest BCUT2D eigenvalue weighted by atomic mass is 35.5. The number of furan rings is 1. The molecule has 0 radical (unpaired) electrons. The molecule has 0 aliphatic carbocycles. The molecule has 1 aromatic carbocycles. The van der Waals surface area contributed by atoms with Crippen LogP contribution in [-0.2, 0) is 6.54 Å². The first-order valence-corrected chi connectivity index (χ1v) is 11.0. The molecule has 7 heteroatoms. The standard InChI is InChI=1S/C22H30ClN3O2S/c1-17-14-20(21(27-2)15-19(17)23)24-22(29)26(16-18-8-7-13-28-18)12-11-25-9-5-3-4-6-10-25/h7-8,13-15H,3-6,9-12,16H2,1-2H3,(H,24,29). The van der Waals surface area contributed by atoms with Crippen molar-refractivity contribution in [2.45, 2.75) is 39.2 Å². The van der Waals surface area contributed by atoms with Gasteiger partial charge in [-0.1, -0.05) is 24.4 Å². The Morgan fingerprint density at radius 1 is 1.28 bits per heavy atom. The molecule has 0 unspecified atom stereocenters. The molecule has 3 rings (SSSR count). The summed E-state index contributed by atoms with van der Waals surface area (Å²) in [6, 6.07) is 7.67. The summed E-state index contributed by atoms with van der Waals surface area (Å²) in [5, 5.41) is 4.68. The van der Waals surface area contributed by atoms with Gasteiger partial charge in [0.2, 0.25) is 0 Å². The van der Waals surface area contributed by atoms with E-state index in [9.17, 15) is 0 Å². The number of hydrogen-bond acceptors (Lipinski definition) is 4. The van der Waals surface area contributed by atoms with Gasteiger partial charge in [0, 0.05) is 24.2 Å². The van der Waals surface area contributed by atoms with E-state index in [1.165, 1.54) is 38.8 Å². The van der Waals surface area contributed by atoms with Crippen LogP contribution in [0.25, 0.3) is 0 Å². The Balaban J connectivity index is 1.70. The van der Waals surface area contributed by atoms with Crippen molar-refractivity contribution in [2.75, 3.05) is 38.6 Å². The topological polar surface area (TPSA) is 40.9 Å². The molecule has 1 aliphatic rings. The largest absolute Gasteiger partial charge is 0.495 e. The van der Waals surface area contributed by atoms with Crippen LogP contribution in [0.3, 0.4) is 0 Å². The van der Waals surface area contributed by atoms with Crippen molar-refractivity contribution in [2.24, 2.45) is 0 Å². The van der Waals surface area contributed by atoms with Crippen LogP contribution in [0.4, 0.5) is 5.69 Å². The Morgan fingerprint density at radius 2 is 2.03 bits per heavy atom. The molecule has 0 spiro atoms. The van der Waals surface area contributed by atoms with Crippen molar-refractivity contribution in [1.82, 2.24) is 9.80 Å². The number of halogens is 1. The van der Waals surface area contributed by atoms with Gasteiger partial charge in [-0.15, -0.1) is 0 Å². The Morgan fingerprint density at radius 3 is 2.69 bits per heavy atom. The predicted octanol–water partition coefficient (Wildman–Crippen LogP) is 5.33. The third kappa shape index (κ3) is 6.36. The lowest BCUT2D eigenvalue weighted by molar-refractivity contribution is 0.247. The zero-order valence-electron chi connectivity index (χ0n) is 17.2. The highest BCUT2D eigenvalue weighted by Gasteiger charge is 2.17. The van der Waals surface area contributed by atoms with Crippen LogP contribution >= 0.6 is 23.8 Å². The van der Waals surface area contributed by atoms with Gasteiger partial charge in [0.15, 0.2) is 5.11 Å². The minimum Gasteiger partial charge on any atom is -0.495 e. The Labute approximate surface area is 184 Å². The molecule has 0 saturated carbocycles. The number of likely N-dealkylation sites (tertiary alicyclic amines) is 1. The number of nitrogens with one attached hydrogen (secondary N) is 1. The van der Waals surface area contributed by atoms with Crippen LogP contribution in [0, 0.1) is 6.92 Å². The number of nitrogens with zero attached hydrogens (tertiary/aromatic N) is 2. The molecular weight excluding hydrogens is 406 g/mol. The van der Waals surface area contributed by atoms with E-state index in [2.05, 4.69) is 15.1 Å². The molecule has 0 bridgehead atoms. The second-order valence-corrected chi connectivity index (χ2v) is 8.28. The van der Waals surface area contributed by atoms with Crippen molar-refractivity contribution in [3.05, 3.63) is 46.9 Å². The van der Waals surface area contributed by atoms with Gasteiger partial charge in [0.1, 0.15) is 11.5 Å². The van der Waals surface area contributed by atoms with Crippen LogP contribution in [-0.4, -0.2) is 48.2 Å². The number of ether oxygens (including phenoxy) is 1. The molecule has 2 heterocycles. The van der Waals surface area contributed by atoms with Crippen LogP contribution in [0.1, 0.15) is 37.0 Å². The second kappa shape index (κ2) is 10.9. The van der Waals surface area contributed by atoms with Crippen LogP contribution in [0.15, 0.2) is 34.9 Å². The molecule has 1 aromatic heterocycles. The maximum absolute atomic E-state index is 6.24. The van der Waals surface area contributed by atoms with Gasteiger partial charge < -0.3 is 24.3 Å². The summed E-state index contributed by atoms with van der Waals surface area (Å²) in [4.78, 5) is 4.69. The highest BCUT2D eigenvalue weighted by Crippen LogP contribution is 2.31. The van der Waals surface area contributed by atoms with E-state index in [4.69, 9.17) is 33.0 Å². The van der Waals surface area contributed by atoms with E-state index < -0.39 is 0 Å². The summed E-state index contributed by atoms with van der Waals surface area (Å²) in [7, 11) is 1.63. The Kier molecular flexibility index (Phi) is 8.21. The quantitative estimate of drug-likeness (QED) is 0.593. The summed E-state index contributed by atoms with van der Waals surface area (Å²) >= 11 is 12.0. The summed E-state index contributed by atoms with van der Waals surface area (Å²) < 4.78 is 11.1. The van der Waals surface area contributed by atoms with Crippen LogP contribution < -0.4 is 10.1 Å². The lowest BCUT2D eigenvalue weighted by Gasteiger charge is -2.29. The maximum atomic E-state index is 6.24. The molecular formula is C22H30ClN3O2S. The second-order valence-electron chi connectivity index (χ2n) is 7.49. The zero-order chi connectivity index (χ0) is 20.6. The first-order chi connectivity index (χ1) is 14.1. The van der Waals surface area contributed by atoms with Gasteiger partial charge in [0.25, 0.3) is 0 Å². The van der Waals surface area contributed by atoms with E-state index in [0.29, 0.717) is 22.4 Å². The summed E-state index contributed by atoms with van der Waals surface area (Å²) in [6.45, 7) is 6.75. The Hall–Kier alpha value is -1.76. The molecule has 1 fully saturated rings. The molecule has 0 amide bonds. The normalized spacial score (nSPS) is 15.0. The minimum absolute atomic E-state index is 0.627. The fourth-order valence-electron chi connectivity index (χ4n) is 3.59. The average molecular weight is 436 g/mol. The third-order valence-corrected chi connectivity index (χ3v) is 6.09. The van der Waals surface area contributed by atoms with E-state index in [1.54, 1.807) is 13.4 Å². The van der Waals surface area contributed by atoms with E-state index >= 15 is 0 Å². The van der Waals surface area contributed by atoms with E-state index in [0.717, 1.165) is 30.1 Å². The third-order valence-electron chi connectivity index (χ3n) is 5.32. The number of aryl methyl sites for hydroxylation is 1. The first-order valence-electron chi connectivity index (χ1n) is 10.2. The van der Waals surface area contributed by atoms with Gasteiger partial charge in [-0.25, -0.2) is 0 Å². The highest BCUT2D eigenvalue weighted by molar-refractivity contribution is 7.80. The maximum Gasteiger partial charge on any atom is 0.173 e. The van der Waals surface area contributed by atoms with Crippen LogP contribution in [0.2, 0.25) is 5.02 Å². The molecule has 1 saturated heterocycles. The van der Waals surface area contributed by atoms with Gasteiger partial charge >= 0.3 is 0 Å². The predicted molar refractivity (Wildman–Crippen MR) is 123 cm³/mol. The number of benzene rings is 1. The first kappa shape index (κ1) is 21.9. The molecule has 1 N–H and O–H groups in total. The van der Waals surface area contributed by atoms with Crippen molar-refractivity contribution in [3.8, 4) is 5.75 Å². The van der Waals surface area contributed by atoms with Gasteiger partial charge in [-0.05, 0) is 68.8 Å². The minimum atomic E-state index is 0.627. The molecule has 2 aromatic rings. The molecule has 29 heavy (non-hydrogen) atoms. The molecule has 1 aliphatic heterocycles. The van der Waals surface area contributed by atoms with Crippen molar-refractivity contribution >= 4 is 34.6 Å². The smallest absolute Gasteiger partial charge is 0.173 e. The van der Waals surface area contributed by atoms with E-state index in [1.807, 2.05) is 31.2 Å². The van der Waals surface area contributed by atoms with Crippen LogP contribution in [0.5, 0.6) is 5.75 Å². The average Bonchev–Trinajstić information content (AvgIpc) is 3.08. The van der Waals surface area contributed by atoms with E-state index in [-0.39, 0.29) is 0 Å². The molecule has 158 valence electrons. The van der Waals surface area contributed by atoms with Crippen molar-refractivity contribution in [3.63, 3.8) is 0 Å². The zero-order valence-corrected chi connectivity index (χ0v) is 18.8. The lowest BCUT2D eigenvalue weighted by Crippen LogP contribution is -2.40. The fourth-order valence-corrected chi connectivity index (χ4v) is 4.01. The Bertz CT molecular complexity index is 790. The monoisotopic (exact) mass is 435 g/mol. The fraction of sp³-hybridized carbons (Fsp3) is 0.500.